The average Bonchev–Trinajstić information content (AvgIpc) is 3.10. The quantitative estimate of drug-likeness (QED) is 0.623. The molecule has 4 rings (SSSR count). The molecule has 7 heteroatoms. The van der Waals surface area contributed by atoms with Gasteiger partial charge in [-0.1, -0.05) is 12.1 Å². The van der Waals surface area contributed by atoms with E-state index in [0.29, 0.717) is 11.4 Å². The second-order valence-corrected chi connectivity index (χ2v) is 8.53. The molecule has 2 heterocycles. The maximum atomic E-state index is 14.4. The van der Waals surface area contributed by atoms with Gasteiger partial charge in [0.25, 0.3) is 0 Å². The predicted molar refractivity (Wildman–Crippen MR) is 114 cm³/mol. The number of hydrogen-bond donors (Lipinski definition) is 0. The molecule has 1 aliphatic rings. The molecule has 5 nitrogen and oxygen atoms in total. The third-order valence-electron chi connectivity index (χ3n) is 4.94. The summed E-state index contributed by atoms with van der Waals surface area (Å²) in [6.07, 6.45) is -0.0548. The molecule has 1 fully saturated rings. The first-order chi connectivity index (χ1) is 14.0. The number of para-hydroxylation sites is 1. The highest BCUT2D eigenvalue weighted by molar-refractivity contribution is 7.18. The van der Waals surface area contributed by atoms with Crippen LogP contribution in [0.2, 0.25) is 0 Å². The van der Waals surface area contributed by atoms with Gasteiger partial charge < -0.3 is 9.64 Å². The number of ether oxygens (including phenoxy) is 1. The van der Waals surface area contributed by atoms with Crippen LogP contribution in [0, 0.1) is 17.1 Å². The molecule has 29 heavy (non-hydrogen) atoms. The van der Waals surface area contributed by atoms with Crippen molar-refractivity contribution in [3.05, 3.63) is 52.8 Å². The van der Waals surface area contributed by atoms with Gasteiger partial charge in [0, 0.05) is 38.3 Å². The van der Waals surface area contributed by atoms with Crippen LogP contribution in [-0.4, -0.2) is 42.2 Å². The Bertz CT molecular complexity index is 1020. The minimum absolute atomic E-state index is 0.0548. The third kappa shape index (κ3) is 4.34. The first-order valence-electron chi connectivity index (χ1n) is 9.75. The fourth-order valence-corrected chi connectivity index (χ4v) is 4.60. The average molecular weight is 411 g/mol. The van der Waals surface area contributed by atoms with Gasteiger partial charge in [-0.2, -0.15) is 5.26 Å². The molecule has 0 saturated carbocycles. The topological polar surface area (TPSA) is 52.4 Å². The van der Waals surface area contributed by atoms with Crippen LogP contribution in [0.5, 0.6) is 5.75 Å². The fraction of sp³-hybridized carbons (Fsp3) is 0.364. The van der Waals surface area contributed by atoms with Crippen molar-refractivity contribution in [1.82, 2.24) is 9.88 Å². The molecule has 1 aromatic heterocycles. The second kappa shape index (κ2) is 8.36. The van der Waals surface area contributed by atoms with Crippen molar-refractivity contribution in [3.63, 3.8) is 0 Å². The molecule has 1 aliphatic heterocycles. The summed E-state index contributed by atoms with van der Waals surface area (Å²) in [6, 6.07) is 13.3. The van der Waals surface area contributed by atoms with Crippen molar-refractivity contribution >= 4 is 27.2 Å². The second-order valence-electron chi connectivity index (χ2n) is 7.42. The number of nitriles is 1. The van der Waals surface area contributed by atoms with E-state index < -0.39 is 5.82 Å². The van der Waals surface area contributed by atoms with E-state index in [4.69, 9.17) is 9.72 Å². The highest BCUT2D eigenvalue weighted by atomic mass is 32.1. The third-order valence-corrected chi connectivity index (χ3v) is 5.96. The first kappa shape index (κ1) is 19.6. The molecule has 0 radical (unpaired) electrons. The van der Waals surface area contributed by atoms with Crippen molar-refractivity contribution in [1.29, 1.82) is 5.26 Å². The van der Waals surface area contributed by atoms with Crippen LogP contribution >= 0.6 is 11.3 Å². The number of nitrogens with zero attached hydrogens (tertiary/aromatic N) is 4. The summed E-state index contributed by atoms with van der Waals surface area (Å²) in [5.74, 6) is -0.0686. The number of anilines is 1. The zero-order valence-electron chi connectivity index (χ0n) is 16.6. The van der Waals surface area contributed by atoms with Crippen LogP contribution < -0.4 is 9.64 Å². The van der Waals surface area contributed by atoms with Gasteiger partial charge in [0.05, 0.1) is 28.6 Å². The van der Waals surface area contributed by atoms with Crippen LogP contribution in [0.4, 0.5) is 10.1 Å². The van der Waals surface area contributed by atoms with Crippen LogP contribution in [0.3, 0.4) is 0 Å². The number of aromatic nitrogens is 1. The van der Waals surface area contributed by atoms with Crippen molar-refractivity contribution in [2.75, 3.05) is 31.1 Å². The monoisotopic (exact) mass is 410 g/mol. The Morgan fingerprint density at radius 3 is 2.66 bits per heavy atom. The Morgan fingerprint density at radius 2 is 1.97 bits per heavy atom. The van der Waals surface area contributed by atoms with Gasteiger partial charge in [0.15, 0.2) is 0 Å². The number of fused-ring (bicyclic) bond motifs is 1. The molecule has 0 atom stereocenters. The largest absolute Gasteiger partial charge is 0.491 e. The Hall–Kier alpha value is -2.69. The summed E-state index contributed by atoms with van der Waals surface area (Å²) >= 11 is 1.73. The zero-order valence-corrected chi connectivity index (χ0v) is 17.4. The predicted octanol–water partition coefficient (Wildman–Crippen LogP) is 4.42. The summed E-state index contributed by atoms with van der Waals surface area (Å²) in [6.45, 7) is 7.72. The van der Waals surface area contributed by atoms with E-state index in [1.165, 1.54) is 10.8 Å². The lowest BCUT2D eigenvalue weighted by atomic mass is 10.1. The molecule has 150 valence electrons. The van der Waals surface area contributed by atoms with E-state index in [0.717, 1.165) is 43.2 Å². The Morgan fingerprint density at radius 1 is 1.21 bits per heavy atom. The molecule has 2 aromatic carbocycles. The summed E-state index contributed by atoms with van der Waals surface area (Å²) in [7, 11) is 0. The molecule has 0 N–H and O–H groups in total. The van der Waals surface area contributed by atoms with E-state index in [1.807, 2.05) is 38.1 Å². The van der Waals surface area contributed by atoms with Gasteiger partial charge in [-0.05, 0) is 26.0 Å². The van der Waals surface area contributed by atoms with E-state index in [9.17, 15) is 9.65 Å². The minimum Gasteiger partial charge on any atom is -0.491 e. The van der Waals surface area contributed by atoms with E-state index in [2.05, 4.69) is 15.9 Å². The number of piperazine rings is 1. The normalized spacial score (nSPS) is 15.1. The highest BCUT2D eigenvalue weighted by Gasteiger charge is 2.23. The fourth-order valence-electron chi connectivity index (χ4n) is 3.59. The lowest BCUT2D eigenvalue weighted by molar-refractivity contribution is 0.240. The van der Waals surface area contributed by atoms with Crippen LogP contribution in [0.1, 0.15) is 24.4 Å². The van der Waals surface area contributed by atoms with Gasteiger partial charge in [0.2, 0.25) is 0 Å². The van der Waals surface area contributed by atoms with Crippen molar-refractivity contribution in [2.24, 2.45) is 0 Å². The summed E-state index contributed by atoms with van der Waals surface area (Å²) in [5.41, 5.74) is 1.74. The molecular formula is C22H23FN4OS. The van der Waals surface area contributed by atoms with Crippen LogP contribution in [0.15, 0.2) is 36.4 Å². The standard InChI is InChI=1S/C22H23FN4OS/c1-15(2)28-16-11-18(23)17(13-24)20(12-16)27-9-7-26(8-10-27)14-22-25-19-5-3-4-6-21(19)29-22/h3-6,11-12,15H,7-10,14H2,1-2H3. The van der Waals surface area contributed by atoms with Gasteiger partial charge in [0.1, 0.15) is 28.2 Å². The molecule has 0 aliphatic carbocycles. The lowest BCUT2D eigenvalue weighted by Crippen LogP contribution is -2.46. The summed E-state index contributed by atoms with van der Waals surface area (Å²) < 4.78 is 21.3. The van der Waals surface area contributed by atoms with Crippen molar-refractivity contribution < 1.29 is 9.13 Å². The van der Waals surface area contributed by atoms with Gasteiger partial charge in [-0.15, -0.1) is 11.3 Å². The Balaban J connectivity index is 1.46. The van der Waals surface area contributed by atoms with E-state index in [-0.39, 0.29) is 11.7 Å². The Kier molecular flexibility index (Phi) is 5.65. The van der Waals surface area contributed by atoms with Crippen LogP contribution in [-0.2, 0) is 6.54 Å². The molecule has 0 amide bonds. The lowest BCUT2D eigenvalue weighted by Gasteiger charge is -2.36. The number of benzene rings is 2. The maximum Gasteiger partial charge on any atom is 0.146 e. The maximum absolute atomic E-state index is 14.4. The number of thiazole rings is 1. The number of hydrogen-bond acceptors (Lipinski definition) is 6. The van der Waals surface area contributed by atoms with Gasteiger partial charge >= 0.3 is 0 Å². The highest BCUT2D eigenvalue weighted by Crippen LogP contribution is 2.30. The van der Waals surface area contributed by atoms with Gasteiger partial charge in [-0.3, -0.25) is 4.90 Å². The van der Waals surface area contributed by atoms with Gasteiger partial charge in [-0.25, -0.2) is 9.37 Å². The van der Waals surface area contributed by atoms with E-state index >= 15 is 0 Å². The molecule has 3 aromatic rings. The Labute approximate surface area is 174 Å². The number of halogens is 1. The minimum atomic E-state index is -0.530. The molecule has 0 bridgehead atoms. The van der Waals surface area contributed by atoms with E-state index in [1.54, 1.807) is 17.4 Å². The molecule has 1 saturated heterocycles. The van der Waals surface area contributed by atoms with Crippen LogP contribution in [0.25, 0.3) is 10.2 Å². The SMILES string of the molecule is CC(C)Oc1cc(F)c(C#N)c(N2CCN(Cc3nc4ccccc4s3)CC2)c1. The van der Waals surface area contributed by atoms with Crippen molar-refractivity contribution in [2.45, 2.75) is 26.5 Å². The first-order valence-corrected chi connectivity index (χ1v) is 10.6. The molecule has 0 spiro atoms. The molecular weight excluding hydrogens is 387 g/mol. The zero-order chi connectivity index (χ0) is 20.4. The summed E-state index contributed by atoms with van der Waals surface area (Å²) in [5, 5.41) is 10.6. The number of rotatable bonds is 5. The smallest absolute Gasteiger partial charge is 0.146 e. The summed E-state index contributed by atoms with van der Waals surface area (Å²) in [4.78, 5) is 9.14. The van der Waals surface area contributed by atoms with Crippen molar-refractivity contribution in [3.8, 4) is 11.8 Å². The molecule has 0 unspecified atom stereocenters.